The van der Waals surface area contributed by atoms with Gasteiger partial charge in [0.25, 0.3) is 0 Å². The second kappa shape index (κ2) is 14.7. The van der Waals surface area contributed by atoms with Crippen molar-refractivity contribution >= 4 is 11.9 Å². The summed E-state index contributed by atoms with van der Waals surface area (Å²) < 4.78 is 9.83. The Labute approximate surface area is 146 Å². The Balaban J connectivity index is 0.000000446. The zero-order valence-electron chi connectivity index (χ0n) is 15.5. The monoisotopic (exact) mass is 336 g/mol. The van der Waals surface area contributed by atoms with Gasteiger partial charge in [0.2, 0.25) is 0 Å². The zero-order valence-corrected chi connectivity index (χ0v) is 15.5. The summed E-state index contributed by atoms with van der Waals surface area (Å²) in [6.45, 7) is 8.29. The molecule has 1 rings (SSSR count). The molecule has 0 fully saturated rings. The number of esters is 2. The van der Waals surface area contributed by atoms with E-state index in [9.17, 15) is 9.59 Å². The summed E-state index contributed by atoms with van der Waals surface area (Å²) in [5, 5.41) is 0. The van der Waals surface area contributed by atoms with Crippen LogP contribution in [-0.4, -0.2) is 18.5 Å². The first-order valence-electron chi connectivity index (χ1n) is 8.81. The molecule has 0 N–H and O–H groups in total. The van der Waals surface area contributed by atoms with Gasteiger partial charge in [0, 0.05) is 6.92 Å². The lowest BCUT2D eigenvalue weighted by Crippen LogP contribution is -2.12. The smallest absolute Gasteiger partial charge is 0.308 e. The highest BCUT2D eigenvalue weighted by Gasteiger charge is 2.06. The van der Waals surface area contributed by atoms with Crippen molar-refractivity contribution in [2.75, 3.05) is 6.61 Å². The molecule has 4 heteroatoms. The fraction of sp³-hybridized carbons (Fsp3) is 0.600. The third-order valence-electron chi connectivity index (χ3n) is 3.25. The zero-order chi connectivity index (χ0) is 18.2. The van der Waals surface area contributed by atoms with Crippen molar-refractivity contribution in [1.82, 2.24) is 0 Å². The van der Waals surface area contributed by atoms with Crippen molar-refractivity contribution in [2.45, 2.75) is 66.4 Å². The lowest BCUT2D eigenvalue weighted by Gasteiger charge is -2.06. The Morgan fingerprint density at radius 1 is 0.958 bits per heavy atom. The summed E-state index contributed by atoms with van der Waals surface area (Å²) in [6, 6.07) is 9.60. The number of rotatable bonds is 9. The van der Waals surface area contributed by atoms with E-state index in [1.807, 2.05) is 44.2 Å². The van der Waals surface area contributed by atoms with Gasteiger partial charge in [0.1, 0.15) is 6.61 Å². The molecule has 0 radical (unpaired) electrons. The molecule has 24 heavy (non-hydrogen) atoms. The van der Waals surface area contributed by atoms with Gasteiger partial charge in [-0.05, 0) is 12.0 Å². The number of hydrogen-bond acceptors (Lipinski definition) is 4. The van der Waals surface area contributed by atoms with E-state index in [0.717, 1.165) is 12.0 Å². The molecule has 4 nitrogen and oxygen atoms in total. The van der Waals surface area contributed by atoms with Crippen LogP contribution < -0.4 is 0 Å². The third-order valence-corrected chi connectivity index (χ3v) is 3.25. The molecule has 0 heterocycles. The van der Waals surface area contributed by atoms with Gasteiger partial charge in [0.05, 0.1) is 12.5 Å². The molecule has 1 aromatic rings. The van der Waals surface area contributed by atoms with Gasteiger partial charge < -0.3 is 9.47 Å². The maximum atomic E-state index is 11.0. The molecule has 0 saturated heterocycles. The summed E-state index contributed by atoms with van der Waals surface area (Å²) in [5.41, 5.74) is 1.02. The molecule has 0 aromatic heterocycles. The fourth-order valence-electron chi connectivity index (χ4n) is 1.80. The number of unbranched alkanes of at least 4 members (excludes halogenated alkanes) is 4. The number of benzene rings is 1. The molecule has 0 unspecified atom stereocenters. The standard InChI is InChI=1S/C11H22O2.C9H10O2/c1-4-5-6-7-8-9-13-11(12)10(2)3;1-8(10)11-7-9-5-3-2-4-6-9/h10H,4-9H2,1-3H3;2-6H,7H2,1H3. The van der Waals surface area contributed by atoms with Crippen molar-refractivity contribution in [1.29, 1.82) is 0 Å². The van der Waals surface area contributed by atoms with Crippen LogP contribution in [0.25, 0.3) is 0 Å². The largest absolute Gasteiger partial charge is 0.465 e. The lowest BCUT2D eigenvalue weighted by molar-refractivity contribution is -0.147. The molecule has 0 saturated carbocycles. The van der Waals surface area contributed by atoms with Crippen molar-refractivity contribution in [2.24, 2.45) is 5.92 Å². The second-order valence-corrected chi connectivity index (χ2v) is 6.00. The third kappa shape index (κ3) is 13.8. The van der Waals surface area contributed by atoms with Crippen LogP contribution in [0.3, 0.4) is 0 Å². The Morgan fingerprint density at radius 2 is 1.58 bits per heavy atom. The van der Waals surface area contributed by atoms with Gasteiger partial charge in [-0.2, -0.15) is 0 Å². The van der Waals surface area contributed by atoms with Crippen molar-refractivity contribution < 1.29 is 19.1 Å². The SMILES string of the molecule is CC(=O)OCc1ccccc1.CCCCCCCOC(=O)C(C)C. The molecule has 1 aromatic carbocycles. The van der Waals surface area contributed by atoms with E-state index in [1.165, 1.54) is 32.6 Å². The van der Waals surface area contributed by atoms with E-state index in [1.54, 1.807) is 0 Å². The Morgan fingerprint density at radius 3 is 2.12 bits per heavy atom. The molecule has 0 bridgehead atoms. The number of hydrogen-bond donors (Lipinski definition) is 0. The fourth-order valence-corrected chi connectivity index (χ4v) is 1.80. The Hall–Kier alpha value is -1.84. The molecule has 0 amide bonds. The van der Waals surface area contributed by atoms with E-state index >= 15 is 0 Å². The average Bonchev–Trinajstić information content (AvgIpc) is 2.57. The van der Waals surface area contributed by atoms with Crippen LogP contribution in [0.5, 0.6) is 0 Å². The van der Waals surface area contributed by atoms with Gasteiger partial charge in [-0.3, -0.25) is 9.59 Å². The van der Waals surface area contributed by atoms with Crippen molar-refractivity contribution in [3.63, 3.8) is 0 Å². The topological polar surface area (TPSA) is 52.6 Å². The second-order valence-electron chi connectivity index (χ2n) is 6.00. The Bertz CT molecular complexity index is 440. The summed E-state index contributed by atoms with van der Waals surface area (Å²) in [6.07, 6.45) is 6.00. The van der Waals surface area contributed by atoms with Gasteiger partial charge in [0.15, 0.2) is 0 Å². The summed E-state index contributed by atoms with van der Waals surface area (Å²) >= 11 is 0. The molecule has 0 aliphatic rings. The van der Waals surface area contributed by atoms with Crippen LogP contribution in [0.1, 0.15) is 65.4 Å². The van der Waals surface area contributed by atoms with Crippen molar-refractivity contribution in [3.05, 3.63) is 35.9 Å². The number of carbonyl (C=O) groups excluding carboxylic acids is 2. The predicted molar refractivity (Wildman–Crippen MR) is 96.5 cm³/mol. The lowest BCUT2D eigenvalue weighted by atomic mass is 10.2. The van der Waals surface area contributed by atoms with Crippen LogP contribution in [0.4, 0.5) is 0 Å². The summed E-state index contributed by atoms with van der Waals surface area (Å²) in [7, 11) is 0. The Kier molecular flexibility index (Phi) is 13.6. The molecule has 0 aliphatic heterocycles. The highest BCUT2D eigenvalue weighted by atomic mass is 16.5. The highest BCUT2D eigenvalue weighted by Crippen LogP contribution is 2.03. The summed E-state index contributed by atoms with van der Waals surface area (Å²) in [4.78, 5) is 21.4. The van der Waals surface area contributed by atoms with Crippen LogP contribution >= 0.6 is 0 Å². The quantitative estimate of drug-likeness (QED) is 0.475. The minimum Gasteiger partial charge on any atom is -0.465 e. The molecule has 0 aliphatic carbocycles. The number of carbonyl (C=O) groups is 2. The van der Waals surface area contributed by atoms with E-state index in [-0.39, 0.29) is 17.9 Å². The van der Waals surface area contributed by atoms with Gasteiger partial charge >= 0.3 is 11.9 Å². The maximum Gasteiger partial charge on any atom is 0.308 e. The first-order valence-corrected chi connectivity index (χ1v) is 8.81. The van der Waals surface area contributed by atoms with Crippen LogP contribution in [0, 0.1) is 5.92 Å². The van der Waals surface area contributed by atoms with Gasteiger partial charge in [-0.25, -0.2) is 0 Å². The van der Waals surface area contributed by atoms with E-state index < -0.39 is 0 Å². The van der Waals surface area contributed by atoms with Crippen molar-refractivity contribution in [3.8, 4) is 0 Å². The molecule has 136 valence electrons. The van der Waals surface area contributed by atoms with Crippen LogP contribution in [-0.2, 0) is 25.7 Å². The molecule has 0 atom stereocenters. The van der Waals surface area contributed by atoms with E-state index in [2.05, 4.69) is 6.92 Å². The van der Waals surface area contributed by atoms with E-state index in [4.69, 9.17) is 9.47 Å². The normalized spacial score (nSPS) is 9.88. The molecular weight excluding hydrogens is 304 g/mol. The minimum absolute atomic E-state index is 0.00985. The average molecular weight is 336 g/mol. The number of ether oxygens (including phenoxy) is 2. The van der Waals surface area contributed by atoms with Crippen LogP contribution in [0.2, 0.25) is 0 Å². The van der Waals surface area contributed by atoms with E-state index in [0.29, 0.717) is 13.2 Å². The summed E-state index contributed by atoms with van der Waals surface area (Å²) in [5.74, 6) is -0.306. The maximum absolute atomic E-state index is 11.0. The van der Waals surface area contributed by atoms with Gasteiger partial charge in [-0.1, -0.05) is 76.8 Å². The first kappa shape index (κ1) is 22.2. The predicted octanol–water partition coefficient (Wildman–Crippen LogP) is 4.91. The molecule has 0 spiro atoms. The highest BCUT2D eigenvalue weighted by molar-refractivity contribution is 5.71. The van der Waals surface area contributed by atoms with Gasteiger partial charge in [-0.15, -0.1) is 0 Å². The first-order chi connectivity index (χ1) is 11.5. The molecular formula is C20H32O4. The van der Waals surface area contributed by atoms with Crippen LogP contribution in [0.15, 0.2) is 30.3 Å². The minimum atomic E-state index is -0.242.